The molecule has 2 N–H and O–H groups in total. The average Bonchev–Trinajstić information content (AvgIpc) is 2.87. The van der Waals surface area contributed by atoms with Crippen molar-refractivity contribution in [3.63, 3.8) is 0 Å². The molecule has 0 aliphatic rings. The van der Waals surface area contributed by atoms with Gasteiger partial charge in [0, 0.05) is 32.2 Å². The predicted octanol–water partition coefficient (Wildman–Crippen LogP) is 4.21. The van der Waals surface area contributed by atoms with Crippen LogP contribution in [-0.4, -0.2) is 61.6 Å². The average molecular weight is 565 g/mol. The van der Waals surface area contributed by atoms with Crippen molar-refractivity contribution in [3.05, 3.63) is 70.3 Å². The van der Waals surface area contributed by atoms with E-state index in [1.807, 2.05) is 30.3 Å². The molecule has 2 aromatic rings. The molecule has 0 fully saturated rings. The monoisotopic (exact) mass is 564 g/mol. The number of amides is 2. The normalized spacial score (nSPS) is 11.6. The number of nitro benzene ring substituents is 1. The van der Waals surface area contributed by atoms with Crippen molar-refractivity contribution in [2.24, 2.45) is 0 Å². The van der Waals surface area contributed by atoms with Gasteiger partial charge in [0.1, 0.15) is 12.2 Å². The molecule has 0 atom stereocenters. The molecule has 214 valence electrons. The zero-order valence-corrected chi connectivity index (χ0v) is 23.2. The summed E-state index contributed by atoms with van der Waals surface area (Å²) in [7, 11) is -4.22. The van der Waals surface area contributed by atoms with Crippen LogP contribution in [0.5, 0.6) is 0 Å². The highest BCUT2D eigenvalue weighted by Crippen LogP contribution is 2.26. The third-order valence-electron chi connectivity index (χ3n) is 5.25. The van der Waals surface area contributed by atoms with Gasteiger partial charge in [-0.25, -0.2) is 18.0 Å². The molecule has 39 heavy (non-hydrogen) atoms. The fourth-order valence-electron chi connectivity index (χ4n) is 3.46. The van der Waals surface area contributed by atoms with E-state index in [1.54, 1.807) is 20.8 Å². The zero-order chi connectivity index (χ0) is 28.9. The van der Waals surface area contributed by atoms with Crippen LogP contribution in [0, 0.1) is 10.1 Å². The maximum absolute atomic E-state index is 13.4. The van der Waals surface area contributed by atoms with Crippen molar-refractivity contribution in [1.29, 1.82) is 0 Å². The summed E-state index contributed by atoms with van der Waals surface area (Å²) in [5.41, 5.74) is -0.325. The fraction of sp³-hybridized carbons (Fsp3) is 0.462. The van der Waals surface area contributed by atoms with Gasteiger partial charge in [0.2, 0.25) is 10.0 Å². The van der Waals surface area contributed by atoms with E-state index in [2.05, 4.69) is 10.6 Å². The number of carbonyl (C=O) groups is 2. The lowest BCUT2D eigenvalue weighted by atomic mass is 10.2. The molecule has 2 aromatic carbocycles. The molecular formula is C26H36N4O8S. The number of hydrogen-bond acceptors (Lipinski definition) is 8. The number of carbonyl (C=O) groups excluding carboxylic acids is 2. The maximum Gasteiger partial charge on any atom is 0.407 e. The number of rotatable bonds is 14. The molecule has 12 nitrogen and oxygen atoms in total. The van der Waals surface area contributed by atoms with E-state index >= 15 is 0 Å². The predicted molar refractivity (Wildman–Crippen MR) is 145 cm³/mol. The van der Waals surface area contributed by atoms with Gasteiger partial charge in [0.25, 0.3) is 5.69 Å². The van der Waals surface area contributed by atoms with Crippen molar-refractivity contribution >= 4 is 27.9 Å². The van der Waals surface area contributed by atoms with Crippen LogP contribution in [-0.2, 0) is 26.1 Å². The van der Waals surface area contributed by atoms with Crippen molar-refractivity contribution in [3.8, 4) is 0 Å². The van der Waals surface area contributed by atoms with Gasteiger partial charge in [-0.2, -0.15) is 4.31 Å². The number of unbranched alkanes of at least 4 members (excludes halogenated alkanes) is 1. The number of ether oxygens (including phenoxy) is 2. The molecule has 0 radical (unpaired) electrons. The van der Waals surface area contributed by atoms with Crippen LogP contribution >= 0.6 is 0 Å². The van der Waals surface area contributed by atoms with Crippen LogP contribution < -0.4 is 10.6 Å². The molecule has 0 aliphatic heterocycles. The van der Waals surface area contributed by atoms with E-state index in [0.717, 1.165) is 15.9 Å². The fourth-order valence-corrected chi connectivity index (χ4v) is 5.13. The van der Waals surface area contributed by atoms with Crippen molar-refractivity contribution in [1.82, 2.24) is 14.9 Å². The summed E-state index contributed by atoms with van der Waals surface area (Å²) in [6.45, 7) is 5.81. The molecule has 2 rings (SSSR count). The molecule has 13 heteroatoms. The van der Waals surface area contributed by atoms with Gasteiger partial charge < -0.3 is 20.1 Å². The minimum atomic E-state index is -4.22. The van der Waals surface area contributed by atoms with Crippen LogP contribution in [0.4, 0.5) is 15.3 Å². The highest BCUT2D eigenvalue weighted by atomic mass is 32.2. The Balaban J connectivity index is 1.96. The summed E-state index contributed by atoms with van der Waals surface area (Å²) in [4.78, 5) is 34.1. The second-order valence-corrected chi connectivity index (χ2v) is 11.5. The first-order valence-electron chi connectivity index (χ1n) is 12.5. The van der Waals surface area contributed by atoms with Crippen LogP contribution in [0.15, 0.2) is 59.5 Å². The molecule has 0 heterocycles. The standard InChI is InChI=1S/C26H36N4O8S/c1-26(2,3)38-25(32)28-16-9-10-18-29(39(35,36)23-15-8-7-14-22(23)30(33)34)19-11-17-27-24(31)37-20-21-12-5-4-6-13-21/h4-8,12-15H,9-11,16-20H2,1-3H3,(H,27,31)(H,28,32). The second-order valence-electron chi connectivity index (χ2n) is 9.61. The Hall–Kier alpha value is -3.71. The number of nitrogens with zero attached hydrogens (tertiary/aromatic N) is 2. The van der Waals surface area contributed by atoms with E-state index in [0.29, 0.717) is 12.8 Å². The number of hydrogen-bond donors (Lipinski definition) is 2. The first-order valence-corrected chi connectivity index (χ1v) is 14.0. The lowest BCUT2D eigenvalue weighted by Gasteiger charge is -2.22. The van der Waals surface area contributed by atoms with E-state index in [1.165, 1.54) is 18.2 Å². The summed E-state index contributed by atoms with van der Waals surface area (Å²) in [5.74, 6) is 0. The van der Waals surface area contributed by atoms with Gasteiger partial charge in [0.15, 0.2) is 4.90 Å². The van der Waals surface area contributed by atoms with Crippen LogP contribution in [0.3, 0.4) is 0 Å². The molecule has 0 bridgehead atoms. The summed E-state index contributed by atoms with van der Waals surface area (Å²) < 4.78 is 38.3. The quantitative estimate of drug-likeness (QED) is 0.196. The van der Waals surface area contributed by atoms with Crippen LogP contribution in [0.1, 0.15) is 45.6 Å². The molecule has 0 aliphatic carbocycles. The van der Waals surface area contributed by atoms with Gasteiger partial charge in [-0.3, -0.25) is 10.1 Å². The third-order valence-corrected chi connectivity index (χ3v) is 7.19. The molecule has 2 amide bonds. The Morgan fingerprint density at radius 2 is 1.49 bits per heavy atom. The highest BCUT2D eigenvalue weighted by Gasteiger charge is 2.31. The summed E-state index contributed by atoms with van der Waals surface area (Å²) in [6.07, 6.45) is -0.137. The Labute approximate surface area is 228 Å². The Bertz CT molecular complexity index is 1200. The zero-order valence-electron chi connectivity index (χ0n) is 22.4. The first-order chi connectivity index (χ1) is 18.4. The lowest BCUT2D eigenvalue weighted by molar-refractivity contribution is -0.387. The molecule has 0 aromatic heterocycles. The summed E-state index contributed by atoms with van der Waals surface area (Å²) >= 11 is 0. The minimum absolute atomic E-state index is 0.00679. The largest absolute Gasteiger partial charge is 0.445 e. The van der Waals surface area contributed by atoms with Gasteiger partial charge in [-0.15, -0.1) is 0 Å². The Morgan fingerprint density at radius 3 is 2.15 bits per heavy atom. The lowest BCUT2D eigenvalue weighted by Crippen LogP contribution is -2.36. The third kappa shape index (κ3) is 11.3. The molecular weight excluding hydrogens is 528 g/mol. The first kappa shape index (κ1) is 31.5. The molecule has 0 unspecified atom stereocenters. The second kappa shape index (κ2) is 15.0. The Kier molecular flexibility index (Phi) is 12.1. The number of para-hydroxylation sites is 1. The van der Waals surface area contributed by atoms with Crippen LogP contribution in [0.25, 0.3) is 0 Å². The van der Waals surface area contributed by atoms with E-state index in [-0.39, 0.29) is 39.2 Å². The molecule has 0 saturated carbocycles. The minimum Gasteiger partial charge on any atom is -0.445 e. The van der Waals surface area contributed by atoms with Gasteiger partial charge >= 0.3 is 12.2 Å². The van der Waals surface area contributed by atoms with Crippen molar-refractivity contribution in [2.75, 3.05) is 26.2 Å². The van der Waals surface area contributed by atoms with E-state index in [4.69, 9.17) is 9.47 Å². The van der Waals surface area contributed by atoms with Gasteiger partial charge in [-0.1, -0.05) is 42.5 Å². The van der Waals surface area contributed by atoms with Crippen molar-refractivity contribution < 1.29 is 32.4 Å². The molecule has 0 saturated heterocycles. The number of nitro groups is 1. The molecule has 0 spiro atoms. The van der Waals surface area contributed by atoms with E-state index in [9.17, 15) is 28.1 Å². The number of benzene rings is 2. The topological polar surface area (TPSA) is 157 Å². The van der Waals surface area contributed by atoms with Crippen LogP contribution in [0.2, 0.25) is 0 Å². The van der Waals surface area contributed by atoms with E-state index < -0.39 is 43.3 Å². The van der Waals surface area contributed by atoms with Crippen molar-refractivity contribution in [2.45, 2.75) is 57.1 Å². The maximum atomic E-state index is 13.4. The summed E-state index contributed by atoms with van der Waals surface area (Å²) in [5, 5.41) is 16.7. The number of alkyl carbamates (subject to hydrolysis) is 2. The SMILES string of the molecule is CC(C)(C)OC(=O)NCCCCN(CCCNC(=O)OCc1ccccc1)S(=O)(=O)c1ccccc1[N+](=O)[O-]. The smallest absolute Gasteiger partial charge is 0.407 e. The Morgan fingerprint density at radius 1 is 0.897 bits per heavy atom. The van der Waals surface area contributed by atoms with Gasteiger partial charge in [-0.05, 0) is 51.7 Å². The number of nitrogens with one attached hydrogen (secondary N) is 2. The van der Waals surface area contributed by atoms with Gasteiger partial charge in [0.05, 0.1) is 4.92 Å². The summed E-state index contributed by atoms with van der Waals surface area (Å²) in [6, 6.07) is 14.3. The highest BCUT2D eigenvalue weighted by molar-refractivity contribution is 7.89. The number of sulfonamides is 1.